The summed E-state index contributed by atoms with van der Waals surface area (Å²) in [7, 11) is 0. The zero-order valence-corrected chi connectivity index (χ0v) is 18.9. The van der Waals surface area contributed by atoms with Gasteiger partial charge in [-0.2, -0.15) is 0 Å². The number of benzene rings is 1. The maximum atomic E-state index is 14.7. The number of halogens is 3. The van der Waals surface area contributed by atoms with E-state index in [1.54, 1.807) is 24.3 Å². The molecule has 1 fully saturated rings. The van der Waals surface area contributed by atoms with Gasteiger partial charge in [0.25, 0.3) is 5.91 Å². The largest absolute Gasteiger partial charge is 0.461 e. The van der Waals surface area contributed by atoms with Crippen LogP contribution in [0.5, 0.6) is 6.01 Å². The van der Waals surface area contributed by atoms with Crippen molar-refractivity contribution in [3.8, 4) is 17.1 Å². The molecule has 2 aromatic heterocycles. The molecule has 0 bridgehead atoms. The molecule has 4 rings (SSSR count). The molecule has 1 aliphatic carbocycles. The number of alkyl halides is 2. The molecule has 1 amide bonds. The van der Waals surface area contributed by atoms with Gasteiger partial charge in [0.1, 0.15) is 5.82 Å². The molecule has 3 aromatic rings. The van der Waals surface area contributed by atoms with Crippen LogP contribution in [0.1, 0.15) is 61.5 Å². The van der Waals surface area contributed by atoms with Crippen molar-refractivity contribution < 1.29 is 22.7 Å². The quantitative estimate of drug-likeness (QED) is 0.477. The highest BCUT2D eigenvalue weighted by Crippen LogP contribution is 2.42. The molecule has 34 heavy (non-hydrogen) atoms. The minimum atomic E-state index is -2.72. The summed E-state index contributed by atoms with van der Waals surface area (Å²) in [6.45, 7) is 3.68. The minimum absolute atomic E-state index is 0.107. The highest BCUT2D eigenvalue weighted by Gasteiger charge is 2.37. The maximum absolute atomic E-state index is 14.7. The zero-order chi connectivity index (χ0) is 24.3. The topological polar surface area (TPSA) is 77.0 Å². The Bertz CT molecular complexity index is 1160. The number of hydrogen-bond donors (Lipinski definition) is 1. The van der Waals surface area contributed by atoms with E-state index in [2.05, 4.69) is 20.3 Å². The van der Waals surface area contributed by atoms with Gasteiger partial charge in [0.05, 0.1) is 35.4 Å². The van der Waals surface area contributed by atoms with Crippen molar-refractivity contribution in [3.05, 3.63) is 66.0 Å². The first-order valence-electron chi connectivity index (χ1n) is 11.2. The van der Waals surface area contributed by atoms with Crippen molar-refractivity contribution in [3.63, 3.8) is 0 Å². The van der Waals surface area contributed by atoms with E-state index < -0.39 is 17.6 Å². The number of anilines is 1. The van der Waals surface area contributed by atoms with Gasteiger partial charge in [-0.05, 0) is 38.8 Å². The second kappa shape index (κ2) is 9.79. The monoisotopic (exact) mass is 470 g/mol. The second-order valence-corrected chi connectivity index (χ2v) is 8.60. The number of nitrogens with one attached hydrogen (secondary N) is 1. The Balaban J connectivity index is 1.71. The molecule has 0 radical (unpaired) electrons. The van der Waals surface area contributed by atoms with Crippen molar-refractivity contribution >= 4 is 11.6 Å². The van der Waals surface area contributed by atoms with Crippen LogP contribution in [0.25, 0.3) is 11.1 Å². The van der Waals surface area contributed by atoms with Gasteiger partial charge in [0.15, 0.2) is 0 Å². The standard InChI is InChI=1S/C25H25F3N4O2/c1-15(2)34-24-30-13-17(14-31-24)32-23(33)21-19(18-5-3-4-6-20(18)26)9-12-29-22(21)16-7-10-25(27,28)11-8-16/h3-6,9,12-16H,7-8,10-11H2,1-2H3,(H,32,33). The predicted molar refractivity (Wildman–Crippen MR) is 122 cm³/mol. The number of hydrogen-bond acceptors (Lipinski definition) is 5. The molecule has 1 saturated carbocycles. The molecule has 9 heteroatoms. The van der Waals surface area contributed by atoms with Gasteiger partial charge in [0.2, 0.25) is 5.92 Å². The van der Waals surface area contributed by atoms with E-state index in [4.69, 9.17) is 4.74 Å². The lowest BCUT2D eigenvalue weighted by atomic mass is 9.81. The van der Waals surface area contributed by atoms with E-state index in [1.165, 1.54) is 24.7 Å². The summed E-state index contributed by atoms with van der Waals surface area (Å²) in [4.78, 5) is 26.0. The lowest BCUT2D eigenvalue weighted by Gasteiger charge is -2.29. The summed E-state index contributed by atoms with van der Waals surface area (Å²) >= 11 is 0. The van der Waals surface area contributed by atoms with E-state index in [0.717, 1.165) is 0 Å². The summed E-state index contributed by atoms with van der Waals surface area (Å²) in [6, 6.07) is 7.83. The first-order valence-corrected chi connectivity index (χ1v) is 11.2. The Morgan fingerprint density at radius 1 is 1.06 bits per heavy atom. The van der Waals surface area contributed by atoms with E-state index in [9.17, 15) is 18.0 Å². The maximum Gasteiger partial charge on any atom is 0.316 e. The van der Waals surface area contributed by atoms with Gasteiger partial charge in [-0.15, -0.1) is 0 Å². The molecule has 0 spiro atoms. The summed E-state index contributed by atoms with van der Waals surface area (Å²) in [5, 5.41) is 2.73. The van der Waals surface area contributed by atoms with Gasteiger partial charge in [0, 0.05) is 36.1 Å². The molecule has 0 atom stereocenters. The summed E-state index contributed by atoms with van der Waals surface area (Å²) < 4.78 is 47.7. The molecule has 1 N–H and O–H groups in total. The summed E-state index contributed by atoms with van der Waals surface area (Å²) in [5.41, 5.74) is 1.43. The Labute approximate surface area is 195 Å². The summed E-state index contributed by atoms with van der Waals surface area (Å²) in [6.07, 6.45) is 4.00. The van der Waals surface area contributed by atoms with Gasteiger partial charge in [-0.1, -0.05) is 18.2 Å². The zero-order valence-electron chi connectivity index (χ0n) is 18.9. The predicted octanol–water partition coefficient (Wildman–Crippen LogP) is 6.01. The average molecular weight is 470 g/mol. The third-order valence-corrected chi connectivity index (χ3v) is 5.70. The van der Waals surface area contributed by atoms with Crippen LogP contribution >= 0.6 is 0 Å². The fraction of sp³-hybridized carbons (Fsp3) is 0.360. The number of rotatable bonds is 6. The normalized spacial score (nSPS) is 15.8. The number of carbonyl (C=O) groups is 1. The highest BCUT2D eigenvalue weighted by atomic mass is 19.3. The molecule has 0 unspecified atom stereocenters. The van der Waals surface area contributed by atoms with Crippen LogP contribution < -0.4 is 10.1 Å². The van der Waals surface area contributed by atoms with Crippen molar-refractivity contribution in [2.75, 3.05) is 5.32 Å². The smallest absolute Gasteiger partial charge is 0.316 e. The third-order valence-electron chi connectivity index (χ3n) is 5.70. The third kappa shape index (κ3) is 5.35. The van der Waals surface area contributed by atoms with Crippen molar-refractivity contribution in [1.82, 2.24) is 15.0 Å². The first kappa shape index (κ1) is 23.7. The number of nitrogens with zero attached hydrogens (tertiary/aromatic N) is 3. The van der Waals surface area contributed by atoms with Crippen molar-refractivity contribution in [1.29, 1.82) is 0 Å². The molecular formula is C25H25F3N4O2. The fourth-order valence-corrected chi connectivity index (χ4v) is 4.09. The van der Waals surface area contributed by atoms with Crippen molar-refractivity contribution in [2.24, 2.45) is 0 Å². The molecular weight excluding hydrogens is 445 g/mol. The van der Waals surface area contributed by atoms with Gasteiger partial charge in [-0.25, -0.2) is 23.1 Å². The minimum Gasteiger partial charge on any atom is -0.461 e. The van der Waals surface area contributed by atoms with Gasteiger partial charge >= 0.3 is 6.01 Å². The van der Waals surface area contributed by atoms with Crippen LogP contribution in [0.2, 0.25) is 0 Å². The van der Waals surface area contributed by atoms with Crippen molar-refractivity contribution in [2.45, 2.75) is 57.5 Å². The molecule has 2 heterocycles. The lowest BCUT2D eigenvalue weighted by Crippen LogP contribution is -2.26. The Kier molecular flexibility index (Phi) is 6.81. The van der Waals surface area contributed by atoms with Crippen LogP contribution in [-0.4, -0.2) is 32.9 Å². The van der Waals surface area contributed by atoms with Crippen LogP contribution in [0.15, 0.2) is 48.9 Å². The van der Waals surface area contributed by atoms with Gasteiger partial charge < -0.3 is 10.1 Å². The molecule has 178 valence electrons. The number of amides is 1. The average Bonchev–Trinajstić information content (AvgIpc) is 2.80. The first-order chi connectivity index (χ1) is 16.2. The van der Waals surface area contributed by atoms with Crippen LogP contribution in [0, 0.1) is 5.82 Å². The van der Waals surface area contributed by atoms with E-state index in [0.29, 0.717) is 16.9 Å². The number of aromatic nitrogens is 3. The van der Waals surface area contributed by atoms with E-state index in [-0.39, 0.29) is 54.8 Å². The lowest BCUT2D eigenvalue weighted by molar-refractivity contribution is -0.0385. The SMILES string of the molecule is CC(C)Oc1ncc(NC(=O)c2c(-c3ccccc3F)ccnc2C2CCC(F)(F)CC2)cn1. The van der Waals surface area contributed by atoms with Crippen LogP contribution in [-0.2, 0) is 0 Å². The fourth-order valence-electron chi connectivity index (χ4n) is 4.09. The van der Waals surface area contributed by atoms with E-state index in [1.807, 2.05) is 13.8 Å². The Morgan fingerprint density at radius 3 is 2.38 bits per heavy atom. The Hall–Kier alpha value is -3.49. The van der Waals surface area contributed by atoms with E-state index >= 15 is 0 Å². The molecule has 6 nitrogen and oxygen atoms in total. The number of pyridine rings is 1. The van der Waals surface area contributed by atoms with Crippen LogP contribution in [0.4, 0.5) is 18.9 Å². The highest BCUT2D eigenvalue weighted by molar-refractivity contribution is 6.09. The second-order valence-electron chi connectivity index (χ2n) is 8.60. The molecule has 1 aliphatic rings. The molecule has 0 saturated heterocycles. The number of ether oxygens (including phenoxy) is 1. The molecule has 1 aromatic carbocycles. The molecule has 0 aliphatic heterocycles. The van der Waals surface area contributed by atoms with Crippen LogP contribution in [0.3, 0.4) is 0 Å². The number of carbonyl (C=O) groups excluding carboxylic acids is 1. The summed E-state index contributed by atoms with van der Waals surface area (Å²) in [5.74, 6) is -4.11. The Morgan fingerprint density at radius 2 is 1.74 bits per heavy atom. The van der Waals surface area contributed by atoms with Gasteiger partial charge in [-0.3, -0.25) is 9.78 Å².